The summed E-state index contributed by atoms with van der Waals surface area (Å²) < 4.78 is 9.86. The molecule has 26 heavy (non-hydrogen) atoms. The number of aromatic nitrogens is 5. The van der Waals surface area contributed by atoms with E-state index in [1.165, 1.54) is 12.1 Å². The standard InChI is InChI=1S/C18H25N6OSi/c1-26(2,3)7-6-25-13-23-5-4-16-17(20-12-21-18(16)23)14-8-22-24(11-14)15-9-19-10-15/h4-5,8,11-12,19H,6-7,9-10,13H2,1-3H3. The van der Waals surface area contributed by atoms with Gasteiger partial charge in [-0.3, -0.25) is 4.68 Å². The maximum Gasteiger partial charge on any atom is 0.145 e. The molecule has 1 aliphatic rings. The topological polar surface area (TPSA) is 69.8 Å². The van der Waals surface area contributed by atoms with Crippen molar-refractivity contribution in [2.75, 3.05) is 19.7 Å². The summed E-state index contributed by atoms with van der Waals surface area (Å²) in [7, 11) is -1.07. The summed E-state index contributed by atoms with van der Waals surface area (Å²) in [5.74, 6) is 0. The molecule has 4 heterocycles. The highest BCUT2D eigenvalue weighted by atomic mass is 28.3. The van der Waals surface area contributed by atoms with Gasteiger partial charge in [0.1, 0.15) is 24.7 Å². The van der Waals surface area contributed by atoms with E-state index in [4.69, 9.17) is 4.74 Å². The van der Waals surface area contributed by atoms with Gasteiger partial charge >= 0.3 is 0 Å². The summed E-state index contributed by atoms with van der Waals surface area (Å²) >= 11 is 0. The zero-order valence-electron chi connectivity index (χ0n) is 15.6. The van der Waals surface area contributed by atoms with Gasteiger partial charge in [-0.05, 0) is 12.1 Å². The van der Waals surface area contributed by atoms with Crippen molar-refractivity contribution in [2.24, 2.45) is 0 Å². The molecule has 3 aromatic rings. The quantitative estimate of drug-likeness (QED) is 0.512. The van der Waals surface area contributed by atoms with Crippen LogP contribution in [0.2, 0.25) is 25.7 Å². The zero-order chi connectivity index (χ0) is 18.1. The first kappa shape index (κ1) is 17.4. The number of rotatable bonds is 7. The second-order valence-corrected chi connectivity index (χ2v) is 13.6. The van der Waals surface area contributed by atoms with Crippen molar-refractivity contribution in [3.8, 4) is 11.3 Å². The van der Waals surface area contributed by atoms with Gasteiger partial charge in [0, 0.05) is 51.1 Å². The molecule has 1 fully saturated rings. The summed E-state index contributed by atoms with van der Waals surface area (Å²) in [6.45, 7) is 10.2. The highest BCUT2D eigenvalue weighted by molar-refractivity contribution is 6.76. The third-order valence-electron chi connectivity index (χ3n) is 4.62. The van der Waals surface area contributed by atoms with Crippen LogP contribution in [0.15, 0.2) is 31.0 Å². The van der Waals surface area contributed by atoms with E-state index in [0.29, 0.717) is 6.73 Å². The predicted octanol–water partition coefficient (Wildman–Crippen LogP) is 2.59. The largest absolute Gasteiger partial charge is 0.361 e. The van der Waals surface area contributed by atoms with E-state index >= 15 is 0 Å². The molecule has 0 atom stereocenters. The minimum atomic E-state index is -1.07. The van der Waals surface area contributed by atoms with Crippen LogP contribution in [0.5, 0.6) is 0 Å². The molecule has 0 unspecified atom stereocenters. The fourth-order valence-corrected chi connectivity index (χ4v) is 3.65. The minimum absolute atomic E-state index is 0.521. The lowest BCUT2D eigenvalue weighted by Gasteiger charge is -2.25. The Morgan fingerprint density at radius 3 is 2.81 bits per heavy atom. The van der Waals surface area contributed by atoms with Crippen LogP contribution in [0.25, 0.3) is 22.3 Å². The van der Waals surface area contributed by atoms with Gasteiger partial charge in [-0.1, -0.05) is 19.6 Å². The maximum absolute atomic E-state index is 5.88. The minimum Gasteiger partial charge on any atom is -0.361 e. The highest BCUT2D eigenvalue weighted by Crippen LogP contribution is 2.26. The number of fused-ring (bicyclic) bond motifs is 1. The fourth-order valence-electron chi connectivity index (χ4n) is 2.90. The second kappa shape index (κ2) is 6.94. The lowest BCUT2D eigenvalue weighted by molar-refractivity contribution is 0.0899. The molecule has 137 valence electrons. The molecule has 0 spiro atoms. The van der Waals surface area contributed by atoms with Gasteiger partial charge in [-0.15, -0.1) is 0 Å². The molecule has 1 saturated heterocycles. The van der Waals surface area contributed by atoms with Gasteiger partial charge in [-0.2, -0.15) is 5.10 Å². The average Bonchev–Trinajstić information content (AvgIpc) is 3.16. The van der Waals surface area contributed by atoms with E-state index in [1.54, 1.807) is 6.33 Å². The van der Waals surface area contributed by atoms with Crippen LogP contribution in [0, 0.1) is 6.04 Å². The molecule has 1 radical (unpaired) electrons. The maximum atomic E-state index is 5.88. The van der Waals surface area contributed by atoms with Gasteiger partial charge in [0.05, 0.1) is 11.9 Å². The van der Waals surface area contributed by atoms with E-state index in [2.05, 4.69) is 46.1 Å². The van der Waals surface area contributed by atoms with Crippen LogP contribution < -0.4 is 5.32 Å². The van der Waals surface area contributed by atoms with E-state index in [1.807, 2.05) is 27.8 Å². The third kappa shape index (κ3) is 3.58. The van der Waals surface area contributed by atoms with Crippen molar-refractivity contribution >= 4 is 19.1 Å². The van der Waals surface area contributed by atoms with Crippen LogP contribution in [0.3, 0.4) is 0 Å². The Bertz CT molecular complexity index is 893. The van der Waals surface area contributed by atoms with Gasteiger partial charge in [0.25, 0.3) is 0 Å². The Morgan fingerprint density at radius 2 is 2.08 bits per heavy atom. The molecule has 0 saturated carbocycles. The number of hydrogen-bond donors (Lipinski definition) is 1. The van der Waals surface area contributed by atoms with Crippen LogP contribution in [-0.4, -0.2) is 52.1 Å². The number of ether oxygens (including phenoxy) is 1. The molecule has 0 aromatic carbocycles. The normalized spacial score (nSPS) is 15.5. The van der Waals surface area contributed by atoms with Crippen molar-refractivity contribution in [1.82, 2.24) is 29.6 Å². The van der Waals surface area contributed by atoms with Crippen LogP contribution in [-0.2, 0) is 11.5 Å². The summed E-state index contributed by atoms with van der Waals surface area (Å²) in [5, 5.41) is 8.73. The molecule has 1 N–H and O–H groups in total. The third-order valence-corrected chi connectivity index (χ3v) is 6.33. The molecule has 1 aliphatic heterocycles. The second-order valence-electron chi connectivity index (χ2n) is 7.94. The average molecular weight is 370 g/mol. The molecular formula is C18H25N6OSi. The van der Waals surface area contributed by atoms with Crippen molar-refractivity contribution < 1.29 is 4.74 Å². The molecule has 0 amide bonds. The van der Waals surface area contributed by atoms with E-state index < -0.39 is 8.07 Å². The fraction of sp³-hybridized carbons (Fsp3) is 0.444. The summed E-state index contributed by atoms with van der Waals surface area (Å²) in [6.07, 6.45) is 7.55. The molecule has 8 heteroatoms. The molecule has 7 nitrogen and oxygen atoms in total. The van der Waals surface area contributed by atoms with Crippen molar-refractivity contribution in [2.45, 2.75) is 32.4 Å². The highest BCUT2D eigenvalue weighted by Gasteiger charge is 2.21. The Kier molecular flexibility index (Phi) is 4.64. The Labute approximate surface area is 154 Å². The van der Waals surface area contributed by atoms with Gasteiger partial charge in [0.2, 0.25) is 0 Å². The van der Waals surface area contributed by atoms with Gasteiger partial charge < -0.3 is 14.6 Å². The smallest absolute Gasteiger partial charge is 0.145 e. The van der Waals surface area contributed by atoms with Crippen molar-refractivity contribution in [3.63, 3.8) is 0 Å². The number of nitrogens with zero attached hydrogens (tertiary/aromatic N) is 5. The number of nitrogens with one attached hydrogen (secondary N) is 1. The summed E-state index contributed by atoms with van der Waals surface area (Å²) in [6, 6.07) is 4.50. The molecular weight excluding hydrogens is 344 g/mol. The molecule has 4 rings (SSSR count). The monoisotopic (exact) mass is 369 g/mol. The molecule has 0 bridgehead atoms. The van der Waals surface area contributed by atoms with Crippen LogP contribution in [0.1, 0.15) is 0 Å². The predicted molar refractivity (Wildman–Crippen MR) is 104 cm³/mol. The van der Waals surface area contributed by atoms with E-state index in [9.17, 15) is 0 Å². The number of hydrogen-bond acceptors (Lipinski definition) is 5. The van der Waals surface area contributed by atoms with Gasteiger partial charge in [-0.25, -0.2) is 9.97 Å². The van der Waals surface area contributed by atoms with Crippen molar-refractivity contribution in [1.29, 1.82) is 0 Å². The SMILES string of the molecule is C[Si](C)(C)CCOCn1ccc2c(-c3cnn([C]4CNC4)c3)ncnc21. The van der Waals surface area contributed by atoms with Crippen LogP contribution in [0.4, 0.5) is 0 Å². The van der Waals surface area contributed by atoms with Crippen LogP contribution >= 0.6 is 0 Å². The molecule has 0 aliphatic carbocycles. The first-order valence-corrected chi connectivity index (χ1v) is 12.7. The van der Waals surface area contributed by atoms with E-state index in [-0.39, 0.29) is 0 Å². The first-order chi connectivity index (χ1) is 12.5. The Morgan fingerprint density at radius 1 is 1.23 bits per heavy atom. The first-order valence-electron chi connectivity index (χ1n) is 9.00. The summed E-state index contributed by atoms with van der Waals surface area (Å²) in [5.41, 5.74) is 2.82. The summed E-state index contributed by atoms with van der Waals surface area (Å²) in [4.78, 5) is 8.96. The Hall–Kier alpha value is -2.03. The van der Waals surface area contributed by atoms with E-state index in [0.717, 1.165) is 42.0 Å². The zero-order valence-corrected chi connectivity index (χ0v) is 16.6. The molecule has 3 aromatic heterocycles. The van der Waals surface area contributed by atoms with Crippen molar-refractivity contribution in [3.05, 3.63) is 37.0 Å². The lowest BCUT2D eigenvalue weighted by atomic mass is 10.1. The lowest BCUT2D eigenvalue weighted by Crippen LogP contribution is -2.44. The Balaban J connectivity index is 1.52. The van der Waals surface area contributed by atoms with Gasteiger partial charge in [0.15, 0.2) is 0 Å².